The molecule has 8 heteroatoms. The van der Waals surface area contributed by atoms with Crippen molar-refractivity contribution in [3.63, 3.8) is 0 Å². The number of methoxy groups -OCH3 is 1. The molecule has 1 unspecified atom stereocenters. The third-order valence-electron chi connectivity index (χ3n) is 3.27. The van der Waals surface area contributed by atoms with Crippen molar-refractivity contribution in [1.82, 2.24) is 10.6 Å². The molecule has 8 nitrogen and oxygen atoms in total. The van der Waals surface area contributed by atoms with Gasteiger partial charge in [-0.1, -0.05) is 30.3 Å². The number of rotatable bonds is 7. The number of hydrogen-bond acceptors (Lipinski definition) is 6. The Bertz CT molecular complexity index is 612. The number of carbonyl (C=O) groups excluding carboxylic acids is 3. The lowest BCUT2D eigenvalue weighted by Gasteiger charge is -2.24. The van der Waals surface area contributed by atoms with Gasteiger partial charge in [-0.3, -0.25) is 4.79 Å². The molecule has 0 aliphatic heterocycles. The summed E-state index contributed by atoms with van der Waals surface area (Å²) in [4.78, 5) is 36.2. The lowest BCUT2D eigenvalue weighted by Crippen LogP contribution is -2.54. The molecule has 0 aromatic heterocycles. The van der Waals surface area contributed by atoms with Gasteiger partial charge < -0.3 is 25.2 Å². The number of esters is 1. The van der Waals surface area contributed by atoms with E-state index in [1.165, 1.54) is 0 Å². The van der Waals surface area contributed by atoms with Crippen LogP contribution in [0.1, 0.15) is 26.3 Å². The van der Waals surface area contributed by atoms with Gasteiger partial charge in [-0.2, -0.15) is 0 Å². The van der Waals surface area contributed by atoms with E-state index in [9.17, 15) is 19.5 Å². The predicted octanol–water partition coefficient (Wildman–Crippen LogP) is 0.772. The first-order chi connectivity index (χ1) is 12.2. The Kier molecular flexibility index (Phi) is 8.05. The number of hydrogen-bond donors (Lipinski definition) is 3. The fraction of sp³-hybridized carbons (Fsp3) is 0.500. The number of carbonyl (C=O) groups is 3. The van der Waals surface area contributed by atoms with E-state index >= 15 is 0 Å². The zero-order valence-electron chi connectivity index (χ0n) is 15.4. The molecule has 1 aromatic rings. The van der Waals surface area contributed by atoms with Crippen molar-refractivity contribution < 1.29 is 29.0 Å². The van der Waals surface area contributed by atoms with E-state index in [0.29, 0.717) is 0 Å². The molecule has 1 aromatic carbocycles. The number of nitrogens with one attached hydrogen (secondary N) is 2. The molecular weight excluding hydrogens is 340 g/mol. The van der Waals surface area contributed by atoms with Gasteiger partial charge in [-0.25, -0.2) is 9.59 Å². The maximum absolute atomic E-state index is 12.5. The quantitative estimate of drug-likeness (QED) is 0.614. The topological polar surface area (TPSA) is 114 Å². The number of ether oxygens (including phenoxy) is 2. The third kappa shape index (κ3) is 7.52. The Morgan fingerprint density at radius 1 is 1.08 bits per heavy atom. The van der Waals surface area contributed by atoms with Crippen LogP contribution in [0.25, 0.3) is 0 Å². The SMILES string of the molecule is COC(=O)C(CO)NC(=O)[C@@H](Cc1ccccc1)NC(=O)OC(C)(C)C. The van der Waals surface area contributed by atoms with Crippen molar-refractivity contribution in [2.45, 2.75) is 44.9 Å². The molecule has 2 amide bonds. The highest BCUT2D eigenvalue weighted by atomic mass is 16.6. The lowest BCUT2D eigenvalue weighted by atomic mass is 10.0. The zero-order chi connectivity index (χ0) is 19.7. The molecule has 26 heavy (non-hydrogen) atoms. The van der Waals surface area contributed by atoms with Gasteiger partial charge in [0.1, 0.15) is 11.6 Å². The lowest BCUT2D eigenvalue weighted by molar-refractivity contribution is -0.146. The maximum atomic E-state index is 12.5. The van der Waals surface area contributed by atoms with Crippen molar-refractivity contribution in [1.29, 1.82) is 0 Å². The normalized spacial score (nSPS) is 13.3. The molecule has 2 atom stereocenters. The molecule has 0 aliphatic rings. The minimum atomic E-state index is -1.22. The Morgan fingerprint density at radius 3 is 2.19 bits per heavy atom. The van der Waals surface area contributed by atoms with Crippen molar-refractivity contribution >= 4 is 18.0 Å². The highest BCUT2D eigenvalue weighted by Crippen LogP contribution is 2.09. The van der Waals surface area contributed by atoms with Gasteiger partial charge in [-0.15, -0.1) is 0 Å². The van der Waals surface area contributed by atoms with Crippen LogP contribution in [-0.2, 0) is 25.5 Å². The van der Waals surface area contributed by atoms with Gasteiger partial charge in [0.05, 0.1) is 13.7 Å². The maximum Gasteiger partial charge on any atom is 0.408 e. The summed E-state index contributed by atoms with van der Waals surface area (Å²) in [6.45, 7) is 4.50. The van der Waals surface area contributed by atoms with Crippen LogP contribution in [-0.4, -0.2) is 54.5 Å². The second kappa shape index (κ2) is 9.76. The van der Waals surface area contributed by atoms with E-state index in [0.717, 1.165) is 12.7 Å². The average molecular weight is 366 g/mol. The molecule has 0 fully saturated rings. The molecule has 0 heterocycles. The smallest absolute Gasteiger partial charge is 0.408 e. The Balaban J connectivity index is 2.89. The number of amides is 2. The molecule has 144 valence electrons. The molecule has 0 bridgehead atoms. The van der Waals surface area contributed by atoms with E-state index in [1.807, 2.05) is 18.2 Å². The molecule has 3 N–H and O–H groups in total. The highest BCUT2D eigenvalue weighted by molar-refractivity contribution is 5.90. The molecule has 0 radical (unpaired) electrons. The van der Waals surface area contributed by atoms with Crippen molar-refractivity contribution in [3.8, 4) is 0 Å². The second-order valence-electron chi connectivity index (χ2n) is 6.66. The van der Waals surface area contributed by atoms with E-state index in [2.05, 4.69) is 15.4 Å². The average Bonchev–Trinajstić information content (AvgIpc) is 2.57. The standard InChI is InChI=1S/C18H26N2O6/c1-18(2,3)26-17(24)20-13(10-12-8-6-5-7-9-12)15(22)19-14(11-21)16(23)25-4/h5-9,13-14,21H,10-11H2,1-4H3,(H,19,22)(H,20,24)/t13-,14?/m1/s1. The van der Waals surface area contributed by atoms with E-state index < -0.39 is 42.3 Å². The van der Waals surface area contributed by atoms with Crippen molar-refractivity contribution in [3.05, 3.63) is 35.9 Å². The first kappa shape index (κ1) is 21.4. The van der Waals surface area contributed by atoms with Crippen LogP contribution in [0.2, 0.25) is 0 Å². The molecule has 0 aliphatic carbocycles. The number of aliphatic hydroxyl groups excluding tert-OH is 1. The monoisotopic (exact) mass is 366 g/mol. The zero-order valence-corrected chi connectivity index (χ0v) is 15.4. The Labute approximate surface area is 152 Å². The van der Waals surface area contributed by atoms with E-state index in [-0.39, 0.29) is 6.42 Å². The highest BCUT2D eigenvalue weighted by Gasteiger charge is 2.28. The summed E-state index contributed by atoms with van der Waals surface area (Å²) in [5.41, 5.74) is 0.0830. The number of benzene rings is 1. The van der Waals surface area contributed by atoms with Crippen molar-refractivity contribution in [2.24, 2.45) is 0 Å². The summed E-state index contributed by atoms with van der Waals surface area (Å²) >= 11 is 0. The fourth-order valence-electron chi connectivity index (χ4n) is 2.10. The molecule has 0 spiro atoms. The van der Waals surface area contributed by atoms with Crippen LogP contribution < -0.4 is 10.6 Å². The first-order valence-corrected chi connectivity index (χ1v) is 8.18. The minimum Gasteiger partial charge on any atom is -0.467 e. The van der Waals surface area contributed by atoms with Crippen LogP contribution in [0, 0.1) is 0 Å². The summed E-state index contributed by atoms with van der Waals surface area (Å²) in [5.74, 6) is -1.42. The second-order valence-corrected chi connectivity index (χ2v) is 6.66. The largest absolute Gasteiger partial charge is 0.467 e. The minimum absolute atomic E-state index is 0.186. The fourth-order valence-corrected chi connectivity index (χ4v) is 2.10. The summed E-state index contributed by atoms with van der Waals surface area (Å²) in [5, 5.41) is 14.1. The third-order valence-corrected chi connectivity index (χ3v) is 3.27. The van der Waals surface area contributed by atoms with Crippen molar-refractivity contribution in [2.75, 3.05) is 13.7 Å². The molecule has 1 rings (SSSR count). The van der Waals surface area contributed by atoms with Crippen LogP contribution in [0.15, 0.2) is 30.3 Å². The number of aliphatic hydroxyl groups is 1. The van der Waals surface area contributed by atoms with Gasteiger partial charge >= 0.3 is 12.1 Å². The Morgan fingerprint density at radius 2 is 1.69 bits per heavy atom. The summed E-state index contributed by atoms with van der Waals surface area (Å²) in [6.07, 6.45) is -0.571. The van der Waals surface area contributed by atoms with Gasteiger partial charge in [0.15, 0.2) is 6.04 Å². The molecular formula is C18H26N2O6. The van der Waals surface area contributed by atoms with Crippen LogP contribution in [0.5, 0.6) is 0 Å². The van der Waals surface area contributed by atoms with Gasteiger partial charge in [-0.05, 0) is 26.3 Å². The van der Waals surface area contributed by atoms with Gasteiger partial charge in [0.2, 0.25) is 5.91 Å². The van der Waals surface area contributed by atoms with E-state index in [1.54, 1.807) is 32.9 Å². The van der Waals surface area contributed by atoms with E-state index in [4.69, 9.17) is 4.74 Å². The van der Waals surface area contributed by atoms with Crippen LogP contribution in [0.3, 0.4) is 0 Å². The molecule has 0 saturated heterocycles. The van der Waals surface area contributed by atoms with Crippen LogP contribution in [0.4, 0.5) is 4.79 Å². The summed E-state index contributed by atoms with van der Waals surface area (Å²) in [7, 11) is 1.15. The molecule has 0 saturated carbocycles. The Hall–Kier alpha value is -2.61. The van der Waals surface area contributed by atoms with Crippen LogP contribution >= 0.6 is 0 Å². The summed E-state index contributed by atoms with van der Waals surface area (Å²) < 4.78 is 9.71. The predicted molar refractivity (Wildman–Crippen MR) is 94.3 cm³/mol. The first-order valence-electron chi connectivity index (χ1n) is 8.18. The summed E-state index contributed by atoms with van der Waals surface area (Å²) in [6, 6.07) is 6.85. The van der Waals surface area contributed by atoms with Gasteiger partial charge in [0.25, 0.3) is 0 Å². The number of alkyl carbamates (subject to hydrolysis) is 1. The van der Waals surface area contributed by atoms with Gasteiger partial charge in [0, 0.05) is 6.42 Å².